The van der Waals surface area contributed by atoms with E-state index in [9.17, 15) is 23.1 Å². The van der Waals surface area contributed by atoms with Crippen LogP contribution >= 0.6 is 0 Å². The number of carboxylic acid groups (broad SMARTS) is 1. The normalized spacial score (nSPS) is 14.0. The summed E-state index contributed by atoms with van der Waals surface area (Å²) in [4.78, 5) is 26.7. The molecule has 2 atom stereocenters. The van der Waals surface area contributed by atoms with E-state index in [1.807, 2.05) is 24.3 Å². The van der Waals surface area contributed by atoms with E-state index in [-0.39, 0.29) is 12.2 Å². The summed E-state index contributed by atoms with van der Waals surface area (Å²) in [6.07, 6.45) is 2.92. The van der Waals surface area contributed by atoms with Gasteiger partial charge in [-0.3, -0.25) is 4.79 Å². The number of carbonyl (C=O) groups is 2. The molecule has 134 valence electrons. The SMILES string of the molecule is C=CCS(=O)(=O)C(C)C(=O)NC(Cc1c[nH]c2ccccc12)C(=O)O. The minimum absolute atomic E-state index is 0.0410. The lowest BCUT2D eigenvalue weighted by atomic mass is 10.0. The van der Waals surface area contributed by atoms with Crippen LogP contribution in [0.5, 0.6) is 0 Å². The second-order valence-electron chi connectivity index (χ2n) is 5.72. The second kappa shape index (κ2) is 7.52. The van der Waals surface area contributed by atoms with E-state index in [0.29, 0.717) is 0 Å². The van der Waals surface area contributed by atoms with Gasteiger partial charge in [0.2, 0.25) is 5.91 Å². The zero-order valence-electron chi connectivity index (χ0n) is 13.7. The molecule has 0 radical (unpaired) electrons. The molecule has 0 aliphatic rings. The molecule has 1 aromatic carbocycles. The zero-order valence-corrected chi connectivity index (χ0v) is 14.5. The van der Waals surface area contributed by atoms with Crippen LogP contribution in [0.25, 0.3) is 10.9 Å². The maximum atomic E-state index is 12.2. The molecule has 25 heavy (non-hydrogen) atoms. The summed E-state index contributed by atoms with van der Waals surface area (Å²) in [5.74, 6) is -2.41. The molecule has 3 N–H and O–H groups in total. The lowest BCUT2D eigenvalue weighted by Crippen LogP contribution is -2.48. The molecule has 0 spiro atoms. The number of hydrogen-bond donors (Lipinski definition) is 3. The number of amides is 1. The van der Waals surface area contributed by atoms with Crippen molar-refractivity contribution in [2.24, 2.45) is 0 Å². The Bertz CT molecular complexity index is 901. The highest BCUT2D eigenvalue weighted by atomic mass is 32.2. The van der Waals surface area contributed by atoms with Crippen molar-refractivity contribution in [3.05, 3.63) is 48.7 Å². The van der Waals surface area contributed by atoms with Crippen molar-refractivity contribution in [2.45, 2.75) is 24.6 Å². The fourth-order valence-corrected chi connectivity index (χ4v) is 3.49. The van der Waals surface area contributed by atoms with Gasteiger partial charge in [-0.15, -0.1) is 6.58 Å². The average molecular weight is 364 g/mol. The van der Waals surface area contributed by atoms with E-state index in [1.165, 1.54) is 13.0 Å². The van der Waals surface area contributed by atoms with E-state index in [2.05, 4.69) is 16.9 Å². The number of aromatic nitrogens is 1. The predicted octanol–water partition coefficient (Wildman–Crippen LogP) is 1.27. The van der Waals surface area contributed by atoms with E-state index >= 15 is 0 Å². The number of benzene rings is 1. The van der Waals surface area contributed by atoms with Gasteiger partial charge in [0.05, 0.1) is 5.75 Å². The summed E-state index contributed by atoms with van der Waals surface area (Å²) < 4.78 is 23.9. The standard InChI is InChI=1S/C17H20N2O5S/c1-3-8-25(23,24)11(2)16(20)19-15(17(21)22)9-12-10-18-14-7-5-4-6-13(12)14/h3-7,10-11,15,18H,1,8-9H2,2H3,(H,19,20)(H,21,22). The van der Waals surface area contributed by atoms with Crippen molar-refractivity contribution >= 4 is 32.6 Å². The van der Waals surface area contributed by atoms with Gasteiger partial charge >= 0.3 is 5.97 Å². The molecule has 0 fully saturated rings. The van der Waals surface area contributed by atoms with Gasteiger partial charge in [0.15, 0.2) is 9.84 Å². The first-order chi connectivity index (χ1) is 11.8. The van der Waals surface area contributed by atoms with Crippen LogP contribution < -0.4 is 5.32 Å². The Morgan fingerprint density at radius 3 is 2.68 bits per heavy atom. The molecule has 2 aromatic rings. The van der Waals surface area contributed by atoms with Crippen molar-refractivity contribution in [1.29, 1.82) is 0 Å². The van der Waals surface area contributed by atoms with Gasteiger partial charge in [0, 0.05) is 23.5 Å². The van der Waals surface area contributed by atoms with Crippen LogP contribution in [0.3, 0.4) is 0 Å². The first kappa shape index (κ1) is 18.7. The van der Waals surface area contributed by atoms with Gasteiger partial charge in [-0.2, -0.15) is 0 Å². The molecule has 0 aliphatic heterocycles. The maximum absolute atomic E-state index is 12.2. The van der Waals surface area contributed by atoms with Gasteiger partial charge in [-0.05, 0) is 18.6 Å². The number of para-hydroxylation sites is 1. The van der Waals surface area contributed by atoms with Gasteiger partial charge in [-0.25, -0.2) is 13.2 Å². The molecule has 0 saturated carbocycles. The third-order valence-electron chi connectivity index (χ3n) is 3.97. The van der Waals surface area contributed by atoms with Gasteiger partial charge in [0.1, 0.15) is 11.3 Å². The van der Waals surface area contributed by atoms with Gasteiger partial charge in [-0.1, -0.05) is 24.3 Å². The van der Waals surface area contributed by atoms with Crippen molar-refractivity contribution in [2.75, 3.05) is 5.75 Å². The third-order valence-corrected chi connectivity index (χ3v) is 5.96. The van der Waals surface area contributed by atoms with Gasteiger partial charge in [0.25, 0.3) is 0 Å². The number of H-pyrrole nitrogens is 1. The summed E-state index contributed by atoms with van der Waals surface area (Å²) in [6.45, 7) is 4.58. The minimum Gasteiger partial charge on any atom is -0.480 e. The Morgan fingerprint density at radius 2 is 2.04 bits per heavy atom. The molecule has 0 bridgehead atoms. The Labute approximate surface area is 145 Å². The molecular weight excluding hydrogens is 344 g/mol. The van der Waals surface area contributed by atoms with Crippen molar-refractivity contribution in [3.63, 3.8) is 0 Å². The van der Waals surface area contributed by atoms with Crippen LogP contribution in [0.2, 0.25) is 0 Å². The molecule has 0 saturated heterocycles. The highest BCUT2D eigenvalue weighted by Gasteiger charge is 2.30. The van der Waals surface area contributed by atoms with Crippen molar-refractivity contribution < 1.29 is 23.1 Å². The second-order valence-corrected chi connectivity index (χ2v) is 8.09. The van der Waals surface area contributed by atoms with Crippen LogP contribution in [-0.2, 0) is 25.8 Å². The Hall–Kier alpha value is -2.61. The quantitative estimate of drug-likeness (QED) is 0.610. The fourth-order valence-electron chi connectivity index (χ4n) is 2.48. The van der Waals surface area contributed by atoms with Crippen LogP contribution in [-0.4, -0.2) is 47.4 Å². The lowest BCUT2D eigenvalue weighted by Gasteiger charge is -2.17. The number of sulfone groups is 1. The molecule has 1 aromatic heterocycles. The number of aromatic amines is 1. The van der Waals surface area contributed by atoms with E-state index in [4.69, 9.17) is 0 Å². The van der Waals surface area contributed by atoms with Gasteiger partial charge < -0.3 is 15.4 Å². The number of hydrogen-bond acceptors (Lipinski definition) is 4. The average Bonchev–Trinajstić information content (AvgIpc) is 2.96. The summed E-state index contributed by atoms with van der Waals surface area (Å²) in [5.41, 5.74) is 1.58. The number of nitrogens with one attached hydrogen (secondary N) is 2. The Balaban J connectivity index is 2.17. The molecule has 0 aliphatic carbocycles. The number of aliphatic carboxylic acids is 1. The first-order valence-corrected chi connectivity index (χ1v) is 9.38. The summed E-state index contributed by atoms with van der Waals surface area (Å²) in [6, 6.07) is 6.16. The molecule has 1 heterocycles. The van der Waals surface area contributed by atoms with Crippen LogP contribution in [0.4, 0.5) is 0 Å². The third kappa shape index (κ3) is 4.27. The smallest absolute Gasteiger partial charge is 0.326 e. The number of carbonyl (C=O) groups excluding carboxylic acids is 1. The highest BCUT2D eigenvalue weighted by molar-refractivity contribution is 7.92. The molecular formula is C17H20N2O5S. The summed E-state index contributed by atoms with van der Waals surface area (Å²) in [7, 11) is -3.71. The molecule has 7 nitrogen and oxygen atoms in total. The Morgan fingerprint density at radius 1 is 1.36 bits per heavy atom. The maximum Gasteiger partial charge on any atom is 0.326 e. The van der Waals surface area contributed by atoms with Crippen LogP contribution in [0.1, 0.15) is 12.5 Å². The van der Waals surface area contributed by atoms with E-state index in [0.717, 1.165) is 16.5 Å². The summed E-state index contributed by atoms with van der Waals surface area (Å²) in [5, 5.41) is 11.2. The molecule has 2 rings (SSSR count). The molecule has 1 amide bonds. The largest absolute Gasteiger partial charge is 0.480 e. The Kier molecular flexibility index (Phi) is 5.63. The molecule has 8 heteroatoms. The minimum atomic E-state index is -3.71. The number of carboxylic acids is 1. The van der Waals surface area contributed by atoms with E-state index < -0.39 is 33.0 Å². The lowest BCUT2D eigenvalue weighted by molar-refractivity contribution is -0.141. The monoisotopic (exact) mass is 364 g/mol. The fraction of sp³-hybridized carbons (Fsp3) is 0.294. The zero-order chi connectivity index (χ0) is 18.6. The van der Waals surface area contributed by atoms with Crippen molar-refractivity contribution in [3.8, 4) is 0 Å². The number of rotatable bonds is 8. The van der Waals surface area contributed by atoms with Crippen molar-refractivity contribution in [1.82, 2.24) is 10.3 Å². The topological polar surface area (TPSA) is 116 Å². The predicted molar refractivity (Wildman–Crippen MR) is 95.0 cm³/mol. The molecule has 2 unspecified atom stereocenters. The van der Waals surface area contributed by atoms with Crippen LogP contribution in [0, 0.1) is 0 Å². The van der Waals surface area contributed by atoms with Crippen LogP contribution in [0.15, 0.2) is 43.1 Å². The number of fused-ring (bicyclic) bond motifs is 1. The summed E-state index contributed by atoms with van der Waals surface area (Å²) >= 11 is 0. The highest BCUT2D eigenvalue weighted by Crippen LogP contribution is 2.19. The first-order valence-electron chi connectivity index (χ1n) is 7.67. The van der Waals surface area contributed by atoms with E-state index in [1.54, 1.807) is 6.20 Å².